The summed E-state index contributed by atoms with van der Waals surface area (Å²) in [5, 5.41) is 11.4. The fourth-order valence-corrected chi connectivity index (χ4v) is 3.29. The van der Waals surface area contributed by atoms with E-state index in [0.717, 1.165) is 36.8 Å². The van der Waals surface area contributed by atoms with Gasteiger partial charge in [-0.2, -0.15) is 0 Å². The van der Waals surface area contributed by atoms with Gasteiger partial charge in [0.05, 0.1) is 6.10 Å². The van der Waals surface area contributed by atoms with Crippen molar-refractivity contribution < 1.29 is 5.11 Å². The molecule has 2 aromatic rings. The summed E-state index contributed by atoms with van der Waals surface area (Å²) in [5.74, 6) is 0. The predicted molar refractivity (Wildman–Crippen MR) is 96.1 cm³/mol. The molecule has 2 unspecified atom stereocenters. The maximum absolute atomic E-state index is 10.6. The molecule has 0 radical (unpaired) electrons. The van der Waals surface area contributed by atoms with Gasteiger partial charge in [0.1, 0.15) is 0 Å². The number of nitrogens with zero attached hydrogens (tertiary/aromatic N) is 2. The van der Waals surface area contributed by atoms with Gasteiger partial charge >= 0.3 is 0 Å². The third-order valence-corrected chi connectivity index (χ3v) is 4.93. The van der Waals surface area contributed by atoms with Crippen LogP contribution in [0.5, 0.6) is 0 Å². The SMILES string of the molecule is CC(C(O)c1ccccc1)N1CCN(c2ccc(Cl)cc2)CC1. The lowest BCUT2D eigenvalue weighted by Crippen LogP contribution is -2.51. The molecule has 2 aromatic carbocycles. The molecule has 1 aliphatic heterocycles. The van der Waals surface area contributed by atoms with Gasteiger partial charge in [-0.1, -0.05) is 41.9 Å². The highest BCUT2D eigenvalue weighted by Crippen LogP contribution is 2.24. The van der Waals surface area contributed by atoms with Crippen molar-refractivity contribution in [3.8, 4) is 0 Å². The van der Waals surface area contributed by atoms with Gasteiger partial charge in [0.15, 0.2) is 0 Å². The summed E-state index contributed by atoms with van der Waals surface area (Å²) in [4.78, 5) is 4.73. The van der Waals surface area contributed by atoms with Crippen LogP contribution in [0.3, 0.4) is 0 Å². The van der Waals surface area contributed by atoms with E-state index in [0.29, 0.717) is 0 Å². The normalized spacial score (nSPS) is 18.7. The van der Waals surface area contributed by atoms with E-state index in [4.69, 9.17) is 11.6 Å². The number of rotatable bonds is 4. The first-order valence-corrected chi connectivity index (χ1v) is 8.50. The van der Waals surface area contributed by atoms with Crippen LogP contribution in [0.2, 0.25) is 5.02 Å². The lowest BCUT2D eigenvalue weighted by molar-refractivity contribution is 0.0546. The Hall–Kier alpha value is -1.55. The molecule has 4 heteroatoms. The van der Waals surface area contributed by atoms with Gasteiger partial charge in [-0.3, -0.25) is 4.90 Å². The molecule has 1 heterocycles. The molecule has 1 aliphatic rings. The van der Waals surface area contributed by atoms with Crippen molar-refractivity contribution >= 4 is 17.3 Å². The summed E-state index contributed by atoms with van der Waals surface area (Å²) in [6.07, 6.45) is -0.446. The molecule has 0 aliphatic carbocycles. The van der Waals surface area contributed by atoms with Crippen LogP contribution >= 0.6 is 11.6 Å². The minimum Gasteiger partial charge on any atom is -0.387 e. The van der Waals surface area contributed by atoms with Crippen molar-refractivity contribution in [1.29, 1.82) is 0 Å². The zero-order valence-electron chi connectivity index (χ0n) is 13.4. The lowest BCUT2D eigenvalue weighted by atomic mass is 10.0. The molecular formula is C19H23ClN2O. The van der Waals surface area contributed by atoms with Crippen molar-refractivity contribution in [2.45, 2.75) is 19.1 Å². The van der Waals surface area contributed by atoms with Crippen molar-refractivity contribution in [1.82, 2.24) is 4.90 Å². The first-order chi connectivity index (χ1) is 11.1. The lowest BCUT2D eigenvalue weighted by Gasteiger charge is -2.40. The Morgan fingerprint density at radius 2 is 1.52 bits per heavy atom. The second-order valence-electron chi connectivity index (χ2n) is 6.10. The van der Waals surface area contributed by atoms with E-state index in [1.54, 1.807) is 0 Å². The summed E-state index contributed by atoms with van der Waals surface area (Å²) in [5.41, 5.74) is 2.20. The van der Waals surface area contributed by atoms with Gasteiger partial charge in [-0.05, 0) is 36.8 Å². The van der Waals surface area contributed by atoms with Crippen molar-refractivity contribution in [3.63, 3.8) is 0 Å². The van der Waals surface area contributed by atoms with Gasteiger partial charge in [0.2, 0.25) is 0 Å². The molecule has 0 saturated carbocycles. The van der Waals surface area contributed by atoms with Crippen LogP contribution in [0.1, 0.15) is 18.6 Å². The number of piperazine rings is 1. The van der Waals surface area contributed by atoms with E-state index in [-0.39, 0.29) is 6.04 Å². The highest BCUT2D eigenvalue weighted by atomic mass is 35.5. The van der Waals surface area contributed by atoms with Crippen LogP contribution < -0.4 is 4.90 Å². The Balaban J connectivity index is 1.59. The van der Waals surface area contributed by atoms with E-state index < -0.39 is 6.10 Å². The third kappa shape index (κ3) is 3.86. The van der Waals surface area contributed by atoms with Crippen LogP contribution in [-0.2, 0) is 0 Å². The number of aliphatic hydroxyl groups excluding tert-OH is 1. The molecule has 23 heavy (non-hydrogen) atoms. The predicted octanol–water partition coefficient (Wildman–Crippen LogP) is 3.58. The molecule has 2 atom stereocenters. The van der Waals surface area contributed by atoms with E-state index in [9.17, 15) is 5.11 Å². The number of hydrogen-bond donors (Lipinski definition) is 1. The topological polar surface area (TPSA) is 26.7 Å². The standard InChI is InChI=1S/C19H23ClN2O/c1-15(19(23)16-5-3-2-4-6-16)21-11-13-22(14-12-21)18-9-7-17(20)8-10-18/h2-10,15,19,23H,11-14H2,1H3. The Morgan fingerprint density at radius 3 is 2.13 bits per heavy atom. The second kappa shape index (κ2) is 7.35. The maximum atomic E-state index is 10.6. The molecule has 122 valence electrons. The molecule has 1 N–H and O–H groups in total. The zero-order valence-corrected chi connectivity index (χ0v) is 14.2. The molecule has 0 bridgehead atoms. The Kier molecular flexibility index (Phi) is 5.21. The highest BCUT2D eigenvalue weighted by Gasteiger charge is 2.26. The largest absolute Gasteiger partial charge is 0.387 e. The monoisotopic (exact) mass is 330 g/mol. The van der Waals surface area contributed by atoms with Crippen LogP contribution in [-0.4, -0.2) is 42.2 Å². The first-order valence-electron chi connectivity index (χ1n) is 8.13. The van der Waals surface area contributed by atoms with Crippen LogP contribution in [0.4, 0.5) is 5.69 Å². The summed E-state index contributed by atoms with van der Waals surface area (Å²) in [6, 6.07) is 18.0. The minimum atomic E-state index is -0.446. The molecule has 0 amide bonds. The Labute approximate surface area is 143 Å². The molecular weight excluding hydrogens is 308 g/mol. The Bertz CT molecular complexity index is 609. The summed E-state index contributed by atoms with van der Waals surface area (Å²) < 4.78 is 0. The molecule has 0 spiro atoms. The average molecular weight is 331 g/mol. The summed E-state index contributed by atoms with van der Waals surface area (Å²) >= 11 is 5.95. The van der Waals surface area contributed by atoms with E-state index in [1.165, 1.54) is 5.69 Å². The number of aliphatic hydroxyl groups is 1. The van der Waals surface area contributed by atoms with Gasteiger partial charge in [0.25, 0.3) is 0 Å². The van der Waals surface area contributed by atoms with Crippen molar-refractivity contribution in [2.24, 2.45) is 0 Å². The quantitative estimate of drug-likeness (QED) is 0.928. The molecule has 3 rings (SSSR count). The molecule has 1 fully saturated rings. The summed E-state index contributed by atoms with van der Waals surface area (Å²) in [7, 11) is 0. The fraction of sp³-hybridized carbons (Fsp3) is 0.368. The summed E-state index contributed by atoms with van der Waals surface area (Å²) in [6.45, 7) is 5.94. The highest BCUT2D eigenvalue weighted by molar-refractivity contribution is 6.30. The number of halogens is 1. The molecule has 0 aromatic heterocycles. The number of anilines is 1. The van der Waals surface area contributed by atoms with Crippen LogP contribution in [0, 0.1) is 0 Å². The number of hydrogen-bond acceptors (Lipinski definition) is 3. The second-order valence-corrected chi connectivity index (χ2v) is 6.53. The van der Waals surface area contributed by atoms with Crippen molar-refractivity contribution in [2.75, 3.05) is 31.1 Å². The van der Waals surface area contributed by atoms with Crippen LogP contribution in [0.15, 0.2) is 54.6 Å². The van der Waals surface area contributed by atoms with Gasteiger partial charge in [-0.25, -0.2) is 0 Å². The maximum Gasteiger partial charge on any atom is 0.0942 e. The first kappa shape index (κ1) is 16.3. The molecule has 1 saturated heterocycles. The van der Waals surface area contributed by atoms with Gasteiger partial charge < -0.3 is 10.0 Å². The van der Waals surface area contributed by atoms with E-state index in [2.05, 4.69) is 28.9 Å². The van der Waals surface area contributed by atoms with Crippen LogP contribution in [0.25, 0.3) is 0 Å². The average Bonchev–Trinajstić information content (AvgIpc) is 2.62. The smallest absolute Gasteiger partial charge is 0.0942 e. The number of benzene rings is 2. The fourth-order valence-electron chi connectivity index (χ4n) is 3.17. The third-order valence-electron chi connectivity index (χ3n) is 4.68. The molecule has 3 nitrogen and oxygen atoms in total. The zero-order chi connectivity index (χ0) is 16.2. The van der Waals surface area contributed by atoms with E-state index >= 15 is 0 Å². The van der Waals surface area contributed by atoms with Crippen molar-refractivity contribution in [3.05, 3.63) is 65.2 Å². The minimum absolute atomic E-state index is 0.116. The van der Waals surface area contributed by atoms with Gasteiger partial charge in [0, 0.05) is 42.9 Å². The van der Waals surface area contributed by atoms with E-state index in [1.807, 2.05) is 42.5 Å². The van der Waals surface area contributed by atoms with Gasteiger partial charge in [-0.15, -0.1) is 0 Å². The Morgan fingerprint density at radius 1 is 0.913 bits per heavy atom.